The number of hydrogen-bond donors (Lipinski definition) is 1. The molecule has 0 amide bonds. The molecular formula is C19H22NO4S. The summed E-state index contributed by atoms with van der Waals surface area (Å²) in [6.07, 6.45) is 1.63. The highest BCUT2D eigenvalue weighted by Crippen LogP contribution is 2.30. The second-order valence-corrected chi connectivity index (χ2v) is 8.25. The van der Waals surface area contributed by atoms with Crippen LogP contribution in [0.1, 0.15) is 29.9 Å². The largest absolute Gasteiger partial charge is 0.507 e. The van der Waals surface area contributed by atoms with E-state index < -0.39 is 10.0 Å². The van der Waals surface area contributed by atoms with E-state index in [4.69, 9.17) is 4.74 Å². The van der Waals surface area contributed by atoms with Gasteiger partial charge in [-0.1, -0.05) is 18.2 Å². The van der Waals surface area contributed by atoms with E-state index in [0.29, 0.717) is 24.6 Å². The number of phenols is 1. The molecule has 0 aliphatic carbocycles. The van der Waals surface area contributed by atoms with Crippen LogP contribution in [0.15, 0.2) is 42.5 Å². The Hall–Kier alpha value is -2.05. The standard InChI is InChI=1S/C19H22NO4S/c1-24-19-8-4-16(5-9-19)17-10-12-20(13-11-17)25(22,23)14-15-2-6-18(21)7-3-15/h2-6,8-9,17,21H,10-14H2,1H3. The van der Waals surface area contributed by atoms with Crippen LogP contribution in [0.3, 0.4) is 0 Å². The molecule has 2 aromatic rings. The zero-order valence-corrected chi connectivity index (χ0v) is 15.0. The normalized spacial score (nSPS) is 16.7. The van der Waals surface area contributed by atoms with Gasteiger partial charge in [-0.25, -0.2) is 12.7 Å². The highest BCUT2D eigenvalue weighted by molar-refractivity contribution is 7.88. The Morgan fingerprint density at radius 1 is 1.16 bits per heavy atom. The smallest absolute Gasteiger partial charge is 0.218 e. The predicted molar refractivity (Wildman–Crippen MR) is 96.1 cm³/mol. The van der Waals surface area contributed by atoms with E-state index in [1.165, 1.54) is 17.7 Å². The van der Waals surface area contributed by atoms with Gasteiger partial charge in [0.2, 0.25) is 10.0 Å². The van der Waals surface area contributed by atoms with E-state index in [0.717, 1.165) is 18.6 Å². The second kappa shape index (κ2) is 7.45. The zero-order valence-electron chi connectivity index (χ0n) is 14.2. The molecule has 0 saturated carbocycles. The van der Waals surface area contributed by atoms with E-state index in [2.05, 4.69) is 18.2 Å². The molecule has 1 heterocycles. The van der Waals surface area contributed by atoms with E-state index in [1.807, 2.05) is 12.1 Å². The van der Waals surface area contributed by atoms with Gasteiger partial charge in [0, 0.05) is 19.2 Å². The maximum absolute atomic E-state index is 12.6. The number of hydrogen-bond acceptors (Lipinski definition) is 4. The fourth-order valence-corrected chi connectivity index (χ4v) is 4.73. The van der Waals surface area contributed by atoms with Crippen molar-refractivity contribution < 1.29 is 18.3 Å². The third kappa shape index (κ3) is 4.32. The van der Waals surface area contributed by atoms with E-state index >= 15 is 0 Å². The van der Waals surface area contributed by atoms with E-state index in [1.54, 1.807) is 17.5 Å². The van der Waals surface area contributed by atoms with Gasteiger partial charge in [0.25, 0.3) is 0 Å². The van der Waals surface area contributed by atoms with Gasteiger partial charge in [-0.3, -0.25) is 0 Å². The van der Waals surface area contributed by atoms with Gasteiger partial charge in [0.05, 0.1) is 12.9 Å². The molecule has 133 valence electrons. The fourth-order valence-electron chi connectivity index (χ4n) is 3.18. The number of methoxy groups -OCH3 is 1. The number of rotatable bonds is 5. The van der Waals surface area contributed by atoms with Crippen LogP contribution < -0.4 is 4.74 Å². The Morgan fingerprint density at radius 2 is 1.84 bits per heavy atom. The molecule has 1 N–H and O–H groups in total. The van der Waals surface area contributed by atoms with Crippen molar-refractivity contribution in [1.29, 1.82) is 0 Å². The lowest BCUT2D eigenvalue weighted by molar-refractivity contribution is 0.319. The molecule has 1 fully saturated rings. The van der Waals surface area contributed by atoms with Gasteiger partial charge in [-0.15, -0.1) is 0 Å². The molecule has 1 aliphatic heterocycles. The van der Waals surface area contributed by atoms with Crippen molar-refractivity contribution in [3.8, 4) is 11.5 Å². The van der Waals surface area contributed by atoms with Crippen molar-refractivity contribution >= 4 is 10.0 Å². The summed E-state index contributed by atoms with van der Waals surface area (Å²) in [4.78, 5) is 0. The van der Waals surface area contributed by atoms with Crippen LogP contribution in [-0.2, 0) is 15.8 Å². The van der Waals surface area contributed by atoms with Gasteiger partial charge >= 0.3 is 0 Å². The number of benzene rings is 2. The molecule has 5 nitrogen and oxygen atoms in total. The van der Waals surface area contributed by atoms with Gasteiger partial charge < -0.3 is 9.84 Å². The summed E-state index contributed by atoms with van der Waals surface area (Å²) in [6, 6.07) is 15.2. The van der Waals surface area contributed by atoms with Gasteiger partial charge in [0.1, 0.15) is 11.5 Å². The molecule has 0 bridgehead atoms. The summed E-state index contributed by atoms with van der Waals surface area (Å²) >= 11 is 0. The molecule has 0 aromatic heterocycles. The summed E-state index contributed by atoms with van der Waals surface area (Å²) in [5, 5.41) is 9.25. The lowest BCUT2D eigenvalue weighted by atomic mass is 9.90. The first-order valence-electron chi connectivity index (χ1n) is 8.29. The minimum atomic E-state index is -3.35. The highest BCUT2D eigenvalue weighted by Gasteiger charge is 2.28. The van der Waals surface area contributed by atoms with Crippen molar-refractivity contribution in [3.05, 3.63) is 59.7 Å². The summed E-state index contributed by atoms with van der Waals surface area (Å²) in [7, 11) is -1.71. The quantitative estimate of drug-likeness (QED) is 0.890. The molecule has 0 spiro atoms. The molecule has 0 atom stereocenters. The molecule has 25 heavy (non-hydrogen) atoms. The first-order valence-corrected chi connectivity index (χ1v) is 9.90. The Balaban J connectivity index is 1.61. The molecular weight excluding hydrogens is 338 g/mol. The number of piperidine rings is 1. The summed E-state index contributed by atoms with van der Waals surface area (Å²) in [5.41, 5.74) is 1.86. The van der Waals surface area contributed by atoms with Crippen LogP contribution in [0.5, 0.6) is 11.5 Å². The lowest BCUT2D eigenvalue weighted by Crippen LogP contribution is -2.38. The predicted octanol–water partition coefficient (Wildman–Crippen LogP) is 2.91. The first-order chi connectivity index (χ1) is 12.0. The summed E-state index contributed by atoms with van der Waals surface area (Å²) in [6.45, 7) is 1.06. The maximum atomic E-state index is 12.6. The number of phenolic OH excluding ortho intramolecular Hbond substituents is 1. The maximum Gasteiger partial charge on any atom is 0.218 e. The zero-order chi connectivity index (χ0) is 17.9. The Labute approximate surface area is 148 Å². The van der Waals surface area contributed by atoms with Crippen LogP contribution in [-0.4, -0.2) is 38.0 Å². The van der Waals surface area contributed by atoms with Gasteiger partial charge in [-0.2, -0.15) is 0 Å². The summed E-state index contributed by atoms with van der Waals surface area (Å²) < 4.78 is 31.9. The minimum Gasteiger partial charge on any atom is -0.507 e. The van der Waals surface area contributed by atoms with Crippen molar-refractivity contribution in [2.24, 2.45) is 0 Å². The number of nitrogens with zero attached hydrogens (tertiary/aromatic N) is 1. The molecule has 6 heteroatoms. The van der Waals surface area contributed by atoms with E-state index in [-0.39, 0.29) is 11.5 Å². The summed E-state index contributed by atoms with van der Waals surface area (Å²) in [5.74, 6) is 1.16. The topological polar surface area (TPSA) is 66.8 Å². The first kappa shape index (κ1) is 17.8. The van der Waals surface area contributed by atoms with Crippen molar-refractivity contribution in [3.63, 3.8) is 0 Å². The van der Waals surface area contributed by atoms with Crippen LogP contribution in [0.4, 0.5) is 0 Å². The Morgan fingerprint density at radius 3 is 2.40 bits per heavy atom. The third-order valence-electron chi connectivity index (χ3n) is 4.64. The monoisotopic (exact) mass is 360 g/mol. The fraction of sp³-hybridized carbons (Fsp3) is 0.368. The molecule has 1 aliphatic rings. The molecule has 3 rings (SSSR count). The molecule has 2 aromatic carbocycles. The number of aromatic hydroxyl groups is 1. The Bertz CT molecular complexity index is 792. The van der Waals surface area contributed by atoms with Gasteiger partial charge in [-0.05, 0) is 54.2 Å². The number of ether oxygens (including phenoxy) is 1. The molecule has 1 radical (unpaired) electrons. The van der Waals surface area contributed by atoms with Crippen LogP contribution >= 0.6 is 0 Å². The SMILES string of the molecule is COc1ccc(C2CCN(S(=O)(=O)Cc3c[c]c(O)cc3)CC2)cc1. The van der Waals surface area contributed by atoms with Crippen molar-refractivity contribution in [1.82, 2.24) is 4.31 Å². The van der Waals surface area contributed by atoms with Crippen LogP contribution in [0.2, 0.25) is 0 Å². The lowest BCUT2D eigenvalue weighted by Gasteiger charge is -2.31. The second-order valence-electron chi connectivity index (χ2n) is 6.28. The number of sulfonamides is 1. The third-order valence-corrected chi connectivity index (χ3v) is 6.49. The van der Waals surface area contributed by atoms with Crippen molar-refractivity contribution in [2.45, 2.75) is 24.5 Å². The average molecular weight is 360 g/mol. The average Bonchev–Trinajstić information content (AvgIpc) is 2.64. The van der Waals surface area contributed by atoms with E-state index in [9.17, 15) is 13.5 Å². The minimum absolute atomic E-state index is 0.0152. The Kier molecular flexibility index (Phi) is 5.30. The van der Waals surface area contributed by atoms with Gasteiger partial charge in [0.15, 0.2) is 0 Å². The van der Waals surface area contributed by atoms with Crippen LogP contribution in [0.25, 0.3) is 0 Å². The van der Waals surface area contributed by atoms with Crippen LogP contribution in [0, 0.1) is 6.07 Å². The molecule has 0 unspecified atom stereocenters. The highest BCUT2D eigenvalue weighted by atomic mass is 32.2. The van der Waals surface area contributed by atoms with Crippen molar-refractivity contribution in [2.75, 3.05) is 20.2 Å². The molecule has 1 saturated heterocycles.